The van der Waals surface area contributed by atoms with E-state index in [4.69, 9.17) is 6.57 Å². The fourth-order valence-corrected chi connectivity index (χ4v) is 12.5. The van der Waals surface area contributed by atoms with Crippen LogP contribution in [0.25, 0.3) is 43.5 Å². The molecule has 0 aliphatic carbocycles. The number of nitrogens with zero attached hydrogens (tertiary/aromatic N) is 4. The summed E-state index contributed by atoms with van der Waals surface area (Å²) in [5.74, 6) is 0. The molecule has 8 rings (SSSR count). The van der Waals surface area contributed by atoms with Crippen LogP contribution in [0.5, 0.6) is 0 Å². The number of benzene rings is 7. The highest BCUT2D eigenvalue weighted by Crippen LogP contribution is 2.38. The third kappa shape index (κ3) is 4.72. The van der Waals surface area contributed by atoms with Crippen LogP contribution in [0.3, 0.4) is 0 Å². The number of aromatic nitrogens is 1. The van der Waals surface area contributed by atoms with Gasteiger partial charge in [0.15, 0.2) is 13.8 Å². The van der Waals surface area contributed by atoms with Crippen molar-refractivity contribution in [2.24, 2.45) is 0 Å². The van der Waals surface area contributed by atoms with Crippen LogP contribution in [0.1, 0.15) is 11.1 Å². The van der Waals surface area contributed by atoms with Crippen molar-refractivity contribution >= 4 is 56.3 Å². The van der Waals surface area contributed by atoms with Gasteiger partial charge >= 0.3 is 0 Å². The van der Waals surface area contributed by atoms with Gasteiger partial charge in [0.25, 0.3) is 0 Å². The van der Waals surface area contributed by atoms with Gasteiger partial charge in [-0.3, -0.25) is 0 Å². The molecule has 8 aromatic rings. The summed E-state index contributed by atoms with van der Waals surface area (Å²) in [6.45, 7) is 8.22. The standard InChI is InChI=1S/C45H28N4Si/c1-48-33-28-39(41(31-47)44(29-33)49-42-23-13-11-21-37(42)40-27-32(30-46)25-26-43(40)49)38-22-12-14-24-45(38)50(34-15-5-2-6-16-34,35-17-7-3-8-18-35)36-19-9-4-10-20-36/h2-29H. The molecule has 0 saturated heterocycles. The molecule has 50 heavy (non-hydrogen) atoms. The van der Waals surface area contributed by atoms with Crippen LogP contribution in [-0.2, 0) is 0 Å². The van der Waals surface area contributed by atoms with Gasteiger partial charge in [0.05, 0.1) is 40.5 Å². The van der Waals surface area contributed by atoms with Gasteiger partial charge in [0.1, 0.15) is 6.07 Å². The number of fused-ring (bicyclic) bond motifs is 3. The van der Waals surface area contributed by atoms with E-state index in [2.05, 4.69) is 131 Å². The zero-order valence-corrected chi connectivity index (χ0v) is 28.0. The van der Waals surface area contributed by atoms with Crippen molar-refractivity contribution < 1.29 is 0 Å². The Labute approximate surface area is 291 Å². The van der Waals surface area contributed by atoms with E-state index in [0.29, 0.717) is 28.1 Å². The second-order valence-electron chi connectivity index (χ2n) is 12.2. The molecule has 0 fully saturated rings. The monoisotopic (exact) mass is 652 g/mol. The Morgan fingerprint density at radius 3 is 1.68 bits per heavy atom. The third-order valence-corrected chi connectivity index (χ3v) is 14.5. The molecule has 0 aliphatic heterocycles. The van der Waals surface area contributed by atoms with Gasteiger partial charge in [0.2, 0.25) is 0 Å². The number of hydrogen-bond donors (Lipinski definition) is 0. The van der Waals surface area contributed by atoms with Crippen molar-refractivity contribution in [2.45, 2.75) is 0 Å². The lowest BCUT2D eigenvalue weighted by atomic mass is 9.97. The van der Waals surface area contributed by atoms with Crippen LogP contribution < -0.4 is 20.7 Å². The van der Waals surface area contributed by atoms with E-state index in [0.717, 1.165) is 32.6 Å². The quantitative estimate of drug-likeness (QED) is 0.104. The summed E-state index contributed by atoms with van der Waals surface area (Å²) in [6, 6.07) is 62.7. The van der Waals surface area contributed by atoms with Gasteiger partial charge in [0, 0.05) is 10.8 Å². The largest absolute Gasteiger partial charge is 0.309 e. The molecule has 4 nitrogen and oxygen atoms in total. The summed E-state index contributed by atoms with van der Waals surface area (Å²) in [5.41, 5.74) is 5.52. The Morgan fingerprint density at radius 2 is 1.08 bits per heavy atom. The van der Waals surface area contributed by atoms with Crippen LogP contribution in [-0.4, -0.2) is 12.6 Å². The zero-order valence-electron chi connectivity index (χ0n) is 27.0. The molecule has 0 amide bonds. The average Bonchev–Trinajstić information content (AvgIpc) is 3.52. The second kappa shape index (κ2) is 12.6. The molecule has 0 unspecified atom stereocenters. The summed E-state index contributed by atoms with van der Waals surface area (Å²) in [4.78, 5) is 3.95. The molecule has 7 aromatic carbocycles. The van der Waals surface area contributed by atoms with Crippen molar-refractivity contribution in [1.29, 1.82) is 10.5 Å². The lowest BCUT2D eigenvalue weighted by Crippen LogP contribution is -2.75. The van der Waals surface area contributed by atoms with Crippen molar-refractivity contribution in [2.75, 3.05) is 0 Å². The third-order valence-electron chi connectivity index (χ3n) is 9.63. The molecule has 0 spiro atoms. The number of rotatable bonds is 6. The van der Waals surface area contributed by atoms with Crippen molar-refractivity contribution in [3.8, 4) is 29.0 Å². The molecule has 0 saturated carbocycles. The van der Waals surface area contributed by atoms with Crippen molar-refractivity contribution in [1.82, 2.24) is 4.57 Å². The lowest BCUT2D eigenvalue weighted by molar-refractivity contribution is 1.17. The Bertz CT molecular complexity index is 2580. The Balaban J connectivity index is 1.51. The average molecular weight is 653 g/mol. The first kappa shape index (κ1) is 30.4. The zero-order chi connectivity index (χ0) is 34.1. The highest BCUT2D eigenvalue weighted by Gasteiger charge is 2.43. The maximum absolute atomic E-state index is 11.1. The Kier molecular flexibility index (Phi) is 7.63. The molecule has 232 valence electrons. The van der Waals surface area contributed by atoms with E-state index in [1.807, 2.05) is 54.6 Å². The fraction of sp³-hybridized carbons (Fsp3) is 0. The molecule has 1 heterocycles. The highest BCUT2D eigenvalue weighted by molar-refractivity contribution is 7.20. The maximum atomic E-state index is 11.1. The van der Waals surface area contributed by atoms with Gasteiger partial charge in [-0.1, -0.05) is 133 Å². The van der Waals surface area contributed by atoms with Crippen molar-refractivity contribution in [3.05, 3.63) is 192 Å². The first-order valence-electron chi connectivity index (χ1n) is 16.3. The molecule has 0 N–H and O–H groups in total. The molecule has 0 aliphatic rings. The summed E-state index contributed by atoms with van der Waals surface area (Å²) in [7, 11) is -3.00. The lowest BCUT2D eigenvalue weighted by Gasteiger charge is -2.36. The van der Waals surface area contributed by atoms with Gasteiger partial charge in [-0.25, -0.2) is 4.85 Å². The van der Waals surface area contributed by atoms with Crippen LogP contribution in [0, 0.1) is 29.2 Å². The van der Waals surface area contributed by atoms with Crippen LogP contribution in [0.4, 0.5) is 5.69 Å². The summed E-state index contributed by atoms with van der Waals surface area (Å²) >= 11 is 0. The highest BCUT2D eigenvalue weighted by atomic mass is 28.3. The van der Waals surface area contributed by atoms with E-state index in [9.17, 15) is 10.5 Å². The molecular formula is C45H28N4Si. The van der Waals surface area contributed by atoms with E-state index < -0.39 is 8.07 Å². The second-order valence-corrected chi connectivity index (χ2v) is 16.0. The van der Waals surface area contributed by atoms with E-state index in [1.54, 1.807) is 6.07 Å². The first-order chi connectivity index (χ1) is 24.7. The minimum Gasteiger partial charge on any atom is -0.309 e. The van der Waals surface area contributed by atoms with Gasteiger partial charge in [-0.15, -0.1) is 0 Å². The minimum atomic E-state index is -3.00. The first-order valence-corrected chi connectivity index (χ1v) is 18.3. The summed E-state index contributed by atoms with van der Waals surface area (Å²) in [6.07, 6.45) is 0. The van der Waals surface area contributed by atoms with Gasteiger partial charge < -0.3 is 4.57 Å². The van der Waals surface area contributed by atoms with Gasteiger partial charge in [-0.2, -0.15) is 10.5 Å². The van der Waals surface area contributed by atoms with Crippen LogP contribution in [0.2, 0.25) is 0 Å². The van der Waals surface area contributed by atoms with E-state index >= 15 is 0 Å². The van der Waals surface area contributed by atoms with Crippen LogP contribution in [0.15, 0.2) is 170 Å². The summed E-state index contributed by atoms with van der Waals surface area (Å²) < 4.78 is 2.07. The predicted octanol–water partition coefficient (Wildman–Crippen LogP) is 8.12. The van der Waals surface area contributed by atoms with E-state index in [-0.39, 0.29) is 0 Å². The fourth-order valence-electron chi connectivity index (χ4n) is 7.56. The molecule has 0 bridgehead atoms. The molecule has 5 heteroatoms. The van der Waals surface area contributed by atoms with Gasteiger partial charge in [-0.05, 0) is 68.3 Å². The van der Waals surface area contributed by atoms with Crippen LogP contribution >= 0.6 is 0 Å². The molecule has 1 aromatic heterocycles. The molecule has 0 radical (unpaired) electrons. The number of hydrogen-bond acceptors (Lipinski definition) is 2. The number of nitriles is 2. The Morgan fingerprint density at radius 1 is 0.520 bits per heavy atom. The SMILES string of the molecule is [C-]#[N+]c1cc(-c2ccccc2[Si](c2ccccc2)(c2ccccc2)c2ccccc2)c(C#N)c(-n2c3ccccc3c3cc(C#N)ccc32)c1. The normalized spacial score (nSPS) is 11.1. The molecule has 0 atom stereocenters. The smallest absolute Gasteiger partial charge is 0.190 e. The molecular weight excluding hydrogens is 625 g/mol. The topological polar surface area (TPSA) is 56.9 Å². The Hall–Kier alpha value is -6.97. The van der Waals surface area contributed by atoms with E-state index in [1.165, 1.54) is 15.6 Å². The summed E-state index contributed by atoms with van der Waals surface area (Å²) in [5, 5.41) is 27.5. The minimum absolute atomic E-state index is 0.440. The number of para-hydroxylation sites is 1. The van der Waals surface area contributed by atoms with Crippen molar-refractivity contribution in [3.63, 3.8) is 0 Å². The predicted molar refractivity (Wildman–Crippen MR) is 206 cm³/mol. The maximum Gasteiger partial charge on any atom is 0.190 e.